The highest BCUT2D eigenvalue weighted by Gasteiger charge is 2.15. The number of carbonyl (C=O) groups excluding carboxylic acids is 2. The van der Waals surface area contributed by atoms with Crippen LogP contribution in [0.5, 0.6) is 0 Å². The molecular weight excluding hydrogens is 338 g/mol. The molecule has 0 spiro atoms. The molecule has 0 heterocycles. The van der Waals surface area contributed by atoms with Gasteiger partial charge in [-0.2, -0.15) is 0 Å². The summed E-state index contributed by atoms with van der Waals surface area (Å²) in [5.41, 5.74) is 2.58. The lowest BCUT2D eigenvalue weighted by Gasteiger charge is -2.19. The average Bonchev–Trinajstić information content (AvgIpc) is 2.69. The molecule has 2 aromatic rings. The van der Waals surface area contributed by atoms with Gasteiger partial charge in [-0.25, -0.2) is 0 Å². The number of carbonyl (C=O) groups is 2. The zero-order chi connectivity index (χ0) is 19.6. The van der Waals surface area contributed by atoms with Crippen LogP contribution in [0.15, 0.2) is 54.6 Å². The zero-order valence-electron chi connectivity index (χ0n) is 16.5. The maximum Gasteiger partial charge on any atom is 0.279 e. The molecule has 2 rings (SSSR count). The fourth-order valence-corrected chi connectivity index (χ4v) is 3.02. The largest absolute Gasteiger partial charge is 0.339 e. The Morgan fingerprint density at radius 2 is 1.56 bits per heavy atom. The Kier molecular flexibility index (Phi) is 8.01. The fourth-order valence-electron chi connectivity index (χ4n) is 3.02. The van der Waals surface area contributed by atoms with E-state index in [-0.39, 0.29) is 11.8 Å². The van der Waals surface area contributed by atoms with Gasteiger partial charge in [-0.1, -0.05) is 30.3 Å². The highest BCUT2D eigenvalue weighted by Crippen LogP contribution is 2.11. The molecule has 1 atom stereocenters. The van der Waals surface area contributed by atoms with Gasteiger partial charge in [0, 0.05) is 29.9 Å². The molecular formula is C22H30N3O2+. The van der Waals surface area contributed by atoms with E-state index in [9.17, 15) is 9.59 Å². The molecule has 5 heteroatoms. The van der Waals surface area contributed by atoms with Gasteiger partial charge in [0.25, 0.3) is 11.8 Å². The first-order chi connectivity index (χ1) is 13.1. The van der Waals surface area contributed by atoms with Crippen LogP contribution in [0.4, 0.5) is 5.69 Å². The maximum absolute atomic E-state index is 12.4. The molecule has 5 nitrogen and oxygen atoms in total. The Hall–Kier alpha value is -2.66. The number of quaternary nitrogens is 1. The van der Waals surface area contributed by atoms with Gasteiger partial charge in [0.15, 0.2) is 6.54 Å². The minimum absolute atomic E-state index is 0.0161. The molecule has 27 heavy (non-hydrogen) atoms. The molecule has 0 radical (unpaired) electrons. The van der Waals surface area contributed by atoms with E-state index in [1.807, 2.05) is 32.0 Å². The van der Waals surface area contributed by atoms with Gasteiger partial charge in [0.2, 0.25) is 0 Å². The Balaban J connectivity index is 1.92. The van der Waals surface area contributed by atoms with Crippen LogP contribution in [0.3, 0.4) is 0 Å². The second kappa shape index (κ2) is 10.5. The Morgan fingerprint density at radius 1 is 0.926 bits per heavy atom. The molecule has 0 saturated heterocycles. The highest BCUT2D eigenvalue weighted by atomic mass is 16.2. The molecule has 0 saturated carbocycles. The van der Waals surface area contributed by atoms with Gasteiger partial charge in [-0.05, 0) is 45.0 Å². The SMILES string of the molecule is CCN(CC)C(=O)c1ccc(NC(=O)C[NH+](CC)Cc2ccccc2)cc1. The number of hydrogen-bond donors (Lipinski definition) is 2. The van der Waals surface area contributed by atoms with Crippen molar-refractivity contribution in [2.75, 3.05) is 31.5 Å². The number of likely N-dealkylation sites (N-methyl/N-ethyl adjacent to an activating group) is 1. The molecule has 0 aliphatic heterocycles. The first-order valence-electron chi connectivity index (χ1n) is 9.64. The van der Waals surface area contributed by atoms with Crippen LogP contribution in [-0.2, 0) is 11.3 Å². The van der Waals surface area contributed by atoms with Crippen molar-refractivity contribution in [1.29, 1.82) is 0 Å². The zero-order valence-corrected chi connectivity index (χ0v) is 16.5. The third-order valence-electron chi connectivity index (χ3n) is 4.67. The van der Waals surface area contributed by atoms with E-state index in [0.29, 0.717) is 30.9 Å². The van der Waals surface area contributed by atoms with Crippen molar-refractivity contribution in [2.45, 2.75) is 27.3 Å². The molecule has 2 N–H and O–H groups in total. The van der Waals surface area contributed by atoms with Gasteiger partial charge in [0.05, 0.1) is 6.54 Å². The molecule has 1 unspecified atom stereocenters. The maximum atomic E-state index is 12.4. The van der Waals surface area contributed by atoms with Gasteiger partial charge in [0.1, 0.15) is 6.54 Å². The van der Waals surface area contributed by atoms with E-state index in [1.54, 1.807) is 29.2 Å². The van der Waals surface area contributed by atoms with Crippen LogP contribution in [0.25, 0.3) is 0 Å². The average molecular weight is 369 g/mol. The van der Waals surface area contributed by atoms with Gasteiger partial charge in [-0.15, -0.1) is 0 Å². The van der Waals surface area contributed by atoms with E-state index in [2.05, 4.69) is 24.4 Å². The number of anilines is 1. The molecule has 0 aliphatic rings. The van der Waals surface area contributed by atoms with Crippen LogP contribution in [0, 0.1) is 0 Å². The number of nitrogens with one attached hydrogen (secondary N) is 2. The van der Waals surface area contributed by atoms with Gasteiger partial charge < -0.3 is 15.1 Å². The van der Waals surface area contributed by atoms with E-state index < -0.39 is 0 Å². The van der Waals surface area contributed by atoms with E-state index in [4.69, 9.17) is 0 Å². The summed E-state index contributed by atoms with van der Waals surface area (Å²) in [5.74, 6) is -0.00654. The number of amides is 2. The minimum atomic E-state index is -0.0226. The summed E-state index contributed by atoms with van der Waals surface area (Å²) >= 11 is 0. The lowest BCUT2D eigenvalue weighted by atomic mass is 10.1. The van der Waals surface area contributed by atoms with Crippen LogP contribution in [-0.4, -0.2) is 42.9 Å². The predicted octanol–water partition coefficient (Wildman–Crippen LogP) is 2.21. The van der Waals surface area contributed by atoms with E-state index in [1.165, 1.54) is 10.5 Å². The third kappa shape index (κ3) is 6.22. The lowest BCUT2D eigenvalue weighted by molar-refractivity contribution is -0.903. The van der Waals surface area contributed by atoms with Crippen molar-refractivity contribution < 1.29 is 14.5 Å². The van der Waals surface area contributed by atoms with Crippen molar-refractivity contribution in [3.63, 3.8) is 0 Å². The number of nitrogens with zero attached hydrogens (tertiary/aromatic N) is 1. The van der Waals surface area contributed by atoms with Crippen LogP contribution in [0.2, 0.25) is 0 Å². The summed E-state index contributed by atoms with van der Waals surface area (Å²) in [7, 11) is 0. The van der Waals surface area contributed by atoms with Crippen molar-refractivity contribution in [2.24, 2.45) is 0 Å². The van der Waals surface area contributed by atoms with Crippen LogP contribution < -0.4 is 10.2 Å². The minimum Gasteiger partial charge on any atom is -0.339 e. The molecule has 2 amide bonds. The molecule has 0 bridgehead atoms. The quantitative estimate of drug-likeness (QED) is 0.713. The van der Waals surface area contributed by atoms with E-state index >= 15 is 0 Å². The highest BCUT2D eigenvalue weighted by molar-refractivity contribution is 5.96. The Labute approximate surface area is 162 Å². The fraction of sp³-hybridized carbons (Fsp3) is 0.364. The molecule has 2 aromatic carbocycles. The Bertz CT molecular complexity index is 725. The normalized spacial score (nSPS) is 11.7. The Morgan fingerprint density at radius 3 is 2.11 bits per heavy atom. The van der Waals surface area contributed by atoms with Crippen molar-refractivity contribution in [3.8, 4) is 0 Å². The second-order valence-electron chi connectivity index (χ2n) is 6.55. The second-order valence-corrected chi connectivity index (χ2v) is 6.55. The monoisotopic (exact) mass is 368 g/mol. The van der Waals surface area contributed by atoms with Crippen molar-refractivity contribution >= 4 is 17.5 Å². The molecule has 144 valence electrons. The first-order valence-corrected chi connectivity index (χ1v) is 9.64. The summed E-state index contributed by atoms with van der Waals surface area (Å²) in [6, 6.07) is 17.3. The number of rotatable bonds is 9. The number of hydrogen-bond acceptors (Lipinski definition) is 2. The van der Waals surface area contributed by atoms with Crippen molar-refractivity contribution in [3.05, 3.63) is 65.7 Å². The smallest absolute Gasteiger partial charge is 0.279 e. The van der Waals surface area contributed by atoms with Gasteiger partial charge >= 0.3 is 0 Å². The van der Waals surface area contributed by atoms with Crippen LogP contribution >= 0.6 is 0 Å². The van der Waals surface area contributed by atoms with Crippen LogP contribution in [0.1, 0.15) is 36.7 Å². The summed E-state index contributed by atoms with van der Waals surface area (Å²) in [6.45, 7) is 9.49. The molecule has 0 aromatic heterocycles. The predicted molar refractivity (Wildman–Crippen MR) is 109 cm³/mol. The first kappa shape index (κ1) is 20.6. The number of benzene rings is 2. The lowest BCUT2D eigenvalue weighted by Crippen LogP contribution is -3.11. The summed E-state index contributed by atoms with van der Waals surface area (Å²) < 4.78 is 0. The topological polar surface area (TPSA) is 53.9 Å². The van der Waals surface area contributed by atoms with E-state index in [0.717, 1.165) is 13.1 Å². The van der Waals surface area contributed by atoms with Gasteiger partial charge in [-0.3, -0.25) is 9.59 Å². The molecule has 0 aliphatic carbocycles. The standard InChI is InChI=1S/C22H29N3O2/c1-4-24(16-18-10-8-7-9-11-18)17-21(26)23-20-14-12-19(13-15-20)22(27)25(5-2)6-3/h7-15H,4-6,16-17H2,1-3H3,(H,23,26)/p+1. The summed E-state index contributed by atoms with van der Waals surface area (Å²) in [5, 5.41) is 2.93. The molecule has 0 fully saturated rings. The summed E-state index contributed by atoms with van der Waals surface area (Å²) in [4.78, 5) is 27.7. The third-order valence-corrected chi connectivity index (χ3v) is 4.67. The van der Waals surface area contributed by atoms with Crippen molar-refractivity contribution in [1.82, 2.24) is 4.90 Å². The summed E-state index contributed by atoms with van der Waals surface area (Å²) in [6.07, 6.45) is 0.